The first kappa shape index (κ1) is 27.6. The largest absolute Gasteiger partial charge is 0.493 e. The molecule has 1 aliphatic heterocycles. The third kappa shape index (κ3) is 5.15. The van der Waals surface area contributed by atoms with Crippen molar-refractivity contribution in [3.63, 3.8) is 0 Å². The maximum Gasteiger partial charge on any atom is 0.335 e. The predicted octanol–water partition coefficient (Wildman–Crippen LogP) is 5.23. The summed E-state index contributed by atoms with van der Waals surface area (Å²) in [4.78, 5) is 51.4. The summed E-state index contributed by atoms with van der Waals surface area (Å²) >= 11 is 3.59. The minimum atomic E-state index is -1.02. The number of allylic oxidation sites excluding steroid dienone is 4. The number of rotatable bonds is 8. The van der Waals surface area contributed by atoms with E-state index in [4.69, 9.17) is 14.6 Å². The number of ketones is 2. The molecule has 0 saturated carbocycles. The average Bonchev–Trinajstić information content (AvgIpc) is 2.92. The number of nitrogens with zero attached hydrogens (tertiary/aromatic N) is 1. The fourth-order valence-electron chi connectivity index (χ4n) is 5.82. The number of ether oxygens (including phenoxy) is 2. The number of carbonyl (C=O) groups excluding carboxylic acids is 2. The maximum absolute atomic E-state index is 13.4. The number of benzene rings is 2. The molecule has 0 spiro atoms. The standard InChI is InChI=1S/C30H28BrNO8/c1-39-24-13-18(12-19(31)29(24)40-15-16-8-10-17(11-9-16)30(37)38)26-27-20(4-2-6-22(27)33)32(14-25(35)36)21-5-3-7-23(34)28(21)26/h8-13,26H,2-7,14-15H2,1H3,(H,35,36)(H,37,38). The highest BCUT2D eigenvalue weighted by atomic mass is 79.9. The lowest BCUT2D eigenvalue weighted by Crippen LogP contribution is -2.41. The van der Waals surface area contributed by atoms with Gasteiger partial charge in [-0.2, -0.15) is 0 Å². The second kappa shape index (κ2) is 11.3. The molecule has 0 unspecified atom stereocenters. The van der Waals surface area contributed by atoms with Crippen molar-refractivity contribution in [2.45, 2.75) is 51.0 Å². The van der Waals surface area contributed by atoms with Gasteiger partial charge in [0.1, 0.15) is 13.2 Å². The number of carbonyl (C=O) groups is 4. The third-order valence-corrected chi connectivity index (χ3v) is 8.14. The van der Waals surface area contributed by atoms with Gasteiger partial charge in [0.25, 0.3) is 0 Å². The Morgan fingerprint density at radius 2 is 1.55 bits per heavy atom. The lowest BCUT2D eigenvalue weighted by molar-refractivity contribution is -0.138. The molecule has 2 N–H and O–H groups in total. The van der Waals surface area contributed by atoms with Crippen molar-refractivity contribution in [2.75, 3.05) is 13.7 Å². The second-order valence-corrected chi connectivity index (χ2v) is 10.9. The number of hydrogen-bond donors (Lipinski definition) is 2. The summed E-state index contributed by atoms with van der Waals surface area (Å²) in [6.07, 6.45) is 3.07. The van der Waals surface area contributed by atoms with E-state index >= 15 is 0 Å². The van der Waals surface area contributed by atoms with Crippen LogP contribution in [0.1, 0.15) is 65.9 Å². The zero-order chi connectivity index (χ0) is 28.6. The van der Waals surface area contributed by atoms with Gasteiger partial charge in [0, 0.05) is 41.3 Å². The summed E-state index contributed by atoms with van der Waals surface area (Å²) in [6.45, 7) is -0.137. The first-order valence-corrected chi connectivity index (χ1v) is 13.8. The van der Waals surface area contributed by atoms with Gasteiger partial charge in [-0.3, -0.25) is 14.4 Å². The summed E-state index contributed by atoms with van der Waals surface area (Å²) in [5.74, 6) is -1.99. The number of methoxy groups -OCH3 is 1. The molecule has 10 heteroatoms. The van der Waals surface area contributed by atoms with E-state index < -0.39 is 17.9 Å². The minimum absolute atomic E-state index is 0.0771. The highest BCUT2D eigenvalue weighted by molar-refractivity contribution is 9.10. The highest BCUT2D eigenvalue weighted by Gasteiger charge is 2.44. The summed E-state index contributed by atoms with van der Waals surface area (Å²) in [6, 6.07) is 9.95. The van der Waals surface area contributed by atoms with Crippen LogP contribution in [0.5, 0.6) is 11.5 Å². The first-order valence-electron chi connectivity index (χ1n) is 13.0. The molecule has 0 aromatic heterocycles. The van der Waals surface area contributed by atoms with E-state index in [1.807, 2.05) is 6.07 Å². The van der Waals surface area contributed by atoms with Crippen LogP contribution in [0.15, 0.2) is 63.4 Å². The van der Waals surface area contributed by atoms with E-state index in [1.165, 1.54) is 19.2 Å². The number of halogens is 1. The molecule has 0 atom stereocenters. The van der Waals surface area contributed by atoms with Crippen molar-refractivity contribution in [3.8, 4) is 11.5 Å². The molecular formula is C30H28BrNO8. The molecule has 1 heterocycles. The SMILES string of the molecule is COc1cc(C2C3=C(CCCC3=O)N(CC(=O)O)C3=C2C(=O)CCC3)cc(Br)c1OCc1ccc(C(=O)O)cc1. The summed E-state index contributed by atoms with van der Waals surface area (Å²) in [5, 5.41) is 18.8. The van der Waals surface area contributed by atoms with Gasteiger partial charge in [-0.15, -0.1) is 0 Å². The van der Waals surface area contributed by atoms with Crippen LogP contribution in [0.25, 0.3) is 0 Å². The lowest BCUT2D eigenvalue weighted by atomic mass is 9.71. The van der Waals surface area contributed by atoms with Crippen molar-refractivity contribution in [2.24, 2.45) is 0 Å². The Kier molecular flexibility index (Phi) is 7.80. The molecule has 0 radical (unpaired) electrons. The van der Waals surface area contributed by atoms with Crippen LogP contribution in [-0.4, -0.2) is 52.3 Å². The summed E-state index contributed by atoms with van der Waals surface area (Å²) < 4.78 is 12.3. The predicted molar refractivity (Wildman–Crippen MR) is 147 cm³/mol. The molecule has 3 aliphatic rings. The Labute approximate surface area is 239 Å². The van der Waals surface area contributed by atoms with E-state index in [1.54, 1.807) is 23.1 Å². The van der Waals surface area contributed by atoms with Gasteiger partial charge in [0.15, 0.2) is 23.1 Å². The van der Waals surface area contributed by atoms with Crippen molar-refractivity contribution >= 4 is 39.4 Å². The van der Waals surface area contributed by atoms with E-state index in [-0.39, 0.29) is 30.3 Å². The second-order valence-electron chi connectivity index (χ2n) is 10.0. The van der Waals surface area contributed by atoms with Crippen molar-refractivity contribution in [1.29, 1.82) is 0 Å². The monoisotopic (exact) mass is 609 g/mol. The molecule has 2 aromatic carbocycles. The van der Waals surface area contributed by atoms with Gasteiger partial charge >= 0.3 is 11.9 Å². The lowest BCUT2D eigenvalue weighted by Gasteiger charge is -2.43. The first-order chi connectivity index (χ1) is 19.2. The average molecular weight is 610 g/mol. The number of hydrogen-bond acceptors (Lipinski definition) is 7. The number of aromatic carboxylic acids is 1. The zero-order valence-electron chi connectivity index (χ0n) is 21.9. The van der Waals surface area contributed by atoms with Gasteiger partial charge in [0.05, 0.1) is 17.1 Å². The number of aliphatic carboxylic acids is 1. The van der Waals surface area contributed by atoms with Crippen LogP contribution in [0.3, 0.4) is 0 Å². The zero-order valence-corrected chi connectivity index (χ0v) is 23.5. The highest BCUT2D eigenvalue weighted by Crippen LogP contribution is 2.51. The van der Waals surface area contributed by atoms with Crippen LogP contribution >= 0.6 is 15.9 Å². The van der Waals surface area contributed by atoms with Crippen molar-refractivity contribution < 1.29 is 38.9 Å². The van der Waals surface area contributed by atoms with Crippen LogP contribution in [0.2, 0.25) is 0 Å². The summed E-state index contributed by atoms with van der Waals surface area (Å²) in [7, 11) is 1.50. The van der Waals surface area contributed by atoms with Gasteiger partial charge in [0.2, 0.25) is 0 Å². The van der Waals surface area contributed by atoms with E-state index in [0.29, 0.717) is 82.6 Å². The Balaban J connectivity index is 1.56. The van der Waals surface area contributed by atoms with Crippen LogP contribution in [-0.2, 0) is 21.0 Å². The number of carboxylic acid groups (broad SMARTS) is 2. The smallest absolute Gasteiger partial charge is 0.335 e. The Hall–Kier alpha value is -3.92. The van der Waals surface area contributed by atoms with Crippen molar-refractivity contribution in [1.82, 2.24) is 4.90 Å². The Morgan fingerprint density at radius 3 is 2.08 bits per heavy atom. The molecule has 0 saturated heterocycles. The van der Waals surface area contributed by atoms with Crippen LogP contribution < -0.4 is 9.47 Å². The number of Topliss-reactive ketones (excluding diaryl/α,β-unsaturated/α-hetero) is 2. The number of carboxylic acids is 2. The normalized spacial score (nSPS) is 17.5. The molecule has 2 aliphatic carbocycles. The van der Waals surface area contributed by atoms with E-state index in [9.17, 15) is 24.3 Å². The maximum atomic E-state index is 13.4. The van der Waals surface area contributed by atoms with Gasteiger partial charge in [-0.1, -0.05) is 12.1 Å². The molecular weight excluding hydrogens is 582 g/mol. The van der Waals surface area contributed by atoms with Crippen molar-refractivity contribution in [3.05, 3.63) is 80.1 Å². The molecule has 0 amide bonds. The third-order valence-electron chi connectivity index (χ3n) is 7.55. The molecule has 2 aromatic rings. The molecule has 0 fully saturated rings. The molecule has 9 nitrogen and oxygen atoms in total. The topological polar surface area (TPSA) is 130 Å². The van der Waals surface area contributed by atoms with E-state index in [2.05, 4.69) is 15.9 Å². The van der Waals surface area contributed by atoms with Crippen LogP contribution in [0, 0.1) is 0 Å². The molecule has 0 bridgehead atoms. The van der Waals surface area contributed by atoms with Gasteiger partial charge < -0.3 is 24.6 Å². The Bertz CT molecular complexity index is 1430. The molecule has 40 heavy (non-hydrogen) atoms. The molecule has 208 valence electrons. The van der Waals surface area contributed by atoms with E-state index in [0.717, 1.165) is 5.56 Å². The van der Waals surface area contributed by atoms with Gasteiger partial charge in [-0.05, 0) is 77.0 Å². The fraction of sp³-hybridized carbons (Fsp3) is 0.333. The van der Waals surface area contributed by atoms with Crippen LogP contribution in [0.4, 0.5) is 0 Å². The summed E-state index contributed by atoms with van der Waals surface area (Å²) in [5.41, 5.74) is 3.99. The molecule has 5 rings (SSSR count). The Morgan fingerprint density at radius 1 is 0.950 bits per heavy atom. The quantitative estimate of drug-likeness (QED) is 0.413. The van der Waals surface area contributed by atoms with Gasteiger partial charge in [-0.25, -0.2) is 4.79 Å². The minimum Gasteiger partial charge on any atom is -0.493 e. The fourth-order valence-corrected chi connectivity index (χ4v) is 6.40.